The fourth-order valence-corrected chi connectivity index (χ4v) is 8.13. The maximum atomic E-state index is 6.65. The predicted octanol–water partition coefficient (Wildman–Crippen LogP) is 13.6. The van der Waals surface area contributed by atoms with Crippen LogP contribution >= 0.6 is 0 Å². The van der Waals surface area contributed by atoms with Crippen molar-refractivity contribution in [1.82, 2.24) is 15.0 Å². The zero-order chi connectivity index (χ0) is 36.3. The zero-order valence-corrected chi connectivity index (χ0v) is 29.6. The molecular formula is C51H31N3O. The second-order valence-corrected chi connectivity index (χ2v) is 13.9. The van der Waals surface area contributed by atoms with Gasteiger partial charge in [-0.05, 0) is 61.1 Å². The summed E-state index contributed by atoms with van der Waals surface area (Å²) in [6.07, 6.45) is 0. The third-order valence-electron chi connectivity index (χ3n) is 10.7. The number of hydrogen-bond acceptors (Lipinski definition) is 4. The van der Waals surface area contributed by atoms with Gasteiger partial charge >= 0.3 is 0 Å². The van der Waals surface area contributed by atoms with E-state index in [2.05, 4.69) is 164 Å². The van der Waals surface area contributed by atoms with E-state index in [1.807, 2.05) is 24.3 Å². The number of furan rings is 1. The largest absolute Gasteiger partial charge is 0.455 e. The Hall–Kier alpha value is -7.43. The molecule has 4 heteroatoms. The highest BCUT2D eigenvalue weighted by Gasteiger charge is 2.20. The van der Waals surface area contributed by atoms with E-state index in [0.29, 0.717) is 17.5 Å². The molecule has 0 N–H and O–H groups in total. The summed E-state index contributed by atoms with van der Waals surface area (Å²) in [6, 6.07) is 65.6. The van der Waals surface area contributed by atoms with Crippen molar-refractivity contribution in [2.24, 2.45) is 0 Å². The van der Waals surface area contributed by atoms with Gasteiger partial charge < -0.3 is 4.42 Å². The Labute approximate surface area is 317 Å². The summed E-state index contributed by atoms with van der Waals surface area (Å²) in [7, 11) is 0. The van der Waals surface area contributed by atoms with Crippen LogP contribution in [0.1, 0.15) is 0 Å². The van der Waals surface area contributed by atoms with E-state index in [-0.39, 0.29) is 0 Å². The van der Waals surface area contributed by atoms with Crippen molar-refractivity contribution in [3.63, 3.8) is 0 Å². The van der Waals surface area contributed by atoms with Crippen LogP contribution in [0.2, 0.25) is 0 Å². The molecular weight excluding hydrogens is 671 g/mol. The minimum absolute atomic E-state index is 0.609. The molecule has 0 atom stereocenters. The average molecular weight is 702 g/mol. The summed E-state index contributed by atoms with van der Waals surface area (Å²) in [5, 5.41) is 9.38. The molecule has 0 saturated heterocycles. The van der Waals surface area contributed by atoms with Gasteiger partial charge in [0.2, 0.25) is 0 Å². The summed E-state index contributed by atoms with van der Waals surface area (Å²) in [6.45, 7) is 0. The minimum atomic E-state index is 0.609. The summed E-state index contributed by atoms with van der Waals surface area (Å²) in [4.78, 5) is 15.6. The Balaban J connectivity index is 1.12. The molecule has 4 nitrogen and oxygen atoms in total. The lowest BCUT2D eigenvalue weighted by molar-refractivity contribution is 0.670. The fraction of sp³-hybridized carbons (Fsp3) is 0. The number of hydrogen-bond donors (Lipinski definition) is 0. The Morgan fingerprint density at radius 3 is 1.69 bits per heavy atom. The predicted molar refractivity (Wildman–Crippen MR) is 227 cm³/mol. The molecule has 2 heterocycles. The minimum Gasteiger partial charge on any atom is -0.455 e. The second-order valence-electron chi connectivity index (χ2n) is 13.9. The third kappa shape index (κ3) is 5.19. The maximum absolute atomic E-state index is 6.65. The molecule has 11 rings (SSSR count). The Kier molecular flexibility index (Phi) is 7.14. The quantitative estimate of drug-likeness (QED) is 0.168. The number of fused-ring (bicyclic) bond motifs is 8. The molecule has 0 fully saturated rings. The fourth-order valence-electron chi connectivity index (χ4n) is 8.13. The van der Waals surface area contributed by atoms with Crippen molar-refractivity contribution >= 4 is 54.3 Å². The molecule has 0 spiro atoms. The van der Waals surface area contributed by atoms with Crippen molar-refractivity contribution in [3.8, 4) is 56.4 Å². The third-order valence-corrected chi connectivity index (χ3v) is 10.7. The highest BCUT2D eigenvalue weighted by atomic mass is 16.3. The number of benzene rings is 9. The smallest absolute Gasteiger partial charge is 0.164 e. The first-order valence-electron chi connectivity index (χ1n) is 18.5. The number of nitrogens with zero attached hydrogens (tertiary/aromatic N) is 3. The normalized spacial score (nSPS) is 11.6. The summed E-state index contributed by atoms with van der Waals surface area (Å²) < 4.78 is 6.65. The summed E-state index contributed by atoms with van der Waals surface area (Å²) >= 11 is 0. The first-order chi connectivity index (χ1) is 27.3. The van der Waals surface area contributed by atoms with Gasteiger partial charge in [-0.1, -0.05) is 176 Å². The van der Waals surface area contributed by atoms with E-state index < -0.39 is 0 Å². The molecule has 0 aliphatic heterocycles. The molecule has 0 unspecified atom stereocenters. The van der Waals surface area contributed by atoms with Crippen LogP contribution in [0.15, 0.2) is 192 Å². The number of para-hydroxylation sites is 1. The van der Waals surface area contributed by atoms with Gasteiger partial charge in [-0.2, -0.15) is 0 Å². The first-order valence-corrected chi connectivity index (χ1v) is 18.5. The van der Waals surface area contributed by atoms with E-state index >= 15 is 0 Å². The van der Waals surface area contributed by atoms with Crippen LogP contribution in [0.3, 0.4) is 0 Å². The number of aromatic nitrogens is 3. The highest BCUT2D eigenvalue weighted by Crippen LogP contribution is 2.43. The van der Waals surface area contributed by atoms with Gasteiger partial charge in [0.1, 0.15) is 11.2 Å². The van der Waals surface area contributed by atoms with Gasteiger partial charge in [0, 0.05) is 33.0 Å². The molecule has 2 aromatic heterocycles. The van der Waals surface area contributed by atoms with Crippen molar-refractivity contribution in [1.29, 1.82) is 0 Å². The monoisotopic (exact) mass is 701 g/mol. The van der Waals surface area contributed by atoms with Crippen molar-refractivity contribution in [3.05, 3.63) is 188 Å². The van der Waals surface area contributed by atoms with Crippen LogP contribution in [-0.2, 0) is 0 Å². The molecule has 0 bridgehead atoms. The second kappa shape index (κ2) is 12.6. The average Bonchev–Trinajstić information content (AvgIpc) is 3.66. The van der Waals surface area contributed by atoms with Crippen LogP contribution in [-0.4, -0.2) is 15.0 Å². The Morgan fingerprint density at radius 1 is 0.309 bits per heavy atom. The van der Waals surface area contributed by atoms with Crippen molar-refractivity contribution < 1.29 is 4.42 Å². The van der Waals surface area contributed by atoms with Gasteiger partial charge in [0.25, 0.3) is 0 Å². The van der Waals surface area contributed by atoms with E-state index in [4.69, 9.17) is 19.4 Å². The molecule has 55 heavy (non-hydrogen) atoms. The van der Waals surface area contributed by atoms with Gasteiger partial charge in [0.15, 0.2) is 17.5 Å². The lowest BCUT2D eigenvalue weighted by atomic mass is 9.94. The molecule has 0 radical (unpaired) electrons. The summed E-state index contributed by atoms with van der Waals surface area (Å²) in [5.41, 5.74) is 8.76. The van der Waals surface area contributed by atoms with Crippen LogP contribution in [0.4, 0.5) is 0 Å². The lowest BCUT2D eigenvalue weighted by Crippen LogP contribution is -2.01. The number of rotatable bonds is 5. The lowest BCUT2D eigenvalue weighted by Gasteiger charge is -2.13. The van der Waals surface area contributed by atoms with Crippen LogP contribution in [0, 0.1) is 0 Å². The standard InChI is InChI=1S/C51H31N3O/c1-3-13-32(14-4-1)38-21-11-23-44-47-42(22-12-24-46(47)55-48(38)44)39-19-9-10-20-43(39)51-53-49(35-16-5-2-6-17-35)52-50(54-51)36-26-25-34-28-29-40-37-18-8-7-15-33(37)27-30-41(40)45(34)31-36/h1-31H. The van der Waals surface area contributed by atoms with Crippen LogP contribution in [0.5, 0.6) is 0 Å². The SMILES string of the molecule is c1ccc(-c2nc(-c3ccc4ccc5c6ccccc6ccc5c4c3)nc(-c3ccccc3-c3cccc4oc5c(-c6ccccc6)cccc5c34)n2)cc1. The highest BCUT2D eigenvalue weighted by molar-refractivity contribution is 6.18. The molecule has 256 valence electrons. The van der Waals surface area contributed by atoms with E-state index in [1.165, 1.54) is 26.9 Å². The zero-order valence-electron chi connectivity index (χ0n) is 29.6. The molecule has 11 aromatic rings. The Bertz CT molecular complexity index is 3260. The molecule has 0 saturated carbocycles. The topological polar surface area (TPSA) is 51.8 Å². The van der Waals surface area contributed by atoms with Gasteiger partial charge in [-0.3, -0.25) is 0 Å². The molecule has 0 amide bonds. The molecule has 9 aromatic carbocycles. The molecule has 0 aliphatic rings. The summed E-state index contributed by atoms with van der Waals surface area (Å²) in [5.74, 6) is 1.86. The van der Waals surface area contributed by atoms with Gasteiger partial charge in [-0.15, -0.1) is 0 Å². The van der Waals surface area contributed by atoms with Gasteiger partial charge in [0.05, 0.1) is 0 Å². The van der Waals surface area contributed by atoms with Gasteiger partial charge in [-0.25, -0.2) is 15.0 Å². The van der Waals surface area contributed by atoms with Crippen molar-refractivity contribution in [2.75, 3.05) is 0 Å². The van der Waals surface area contributed by atoms with Crippen LogP contribution < -0.4 is 0 Å². The van der Waals surface area contributed by atoms with E-state index in [9.17, 15) is 0 Å². The van der Waals surface area contributed by atoms with Crippen molar-refractivity contribution in [2.45, 2.75) is 0 Å². The van der Waals surface area contributed by atoms with Crippen LogP contribution in [0.25, 0.3) is 111 Å². The maximum Gasteiger partial charge on any atom is 0.164 e. The Morgan fingerprint density at radius 2 is 0.873 bits per heavy atom. The van der Waals surface area contributed by atoms with E-state index in [1.54, 1.807) is 0 Å². The first kappa shape index (κ1) is 31.1. The van der Waals surface area contributed by atoms with E-state index in [0.717, 1.165) is 66.3 Å². The molecule has 0 aliphatic carbocycles.